The predicted molar refractivity (Wildman–Crippen MR) is 127 cm³/mol. The second kappa shape index (κ2) is 10.2. The molecule has 1 aromatic heterocycles. The van der Waals surface area contributed by atoms with Gasteiger partial charge in [0.05, 0.1) is 5.69 Å². The Balaban J connectivity index is 1.35. The number of benzene rings is 1. The molecule has 1 aliphatic carbocycles. The van der Waals surface area contributed by atoms with E-state index in [0.29, 0.717) is 5.84 Å². The molecule has 2 aromatic rings. The maximum Gasteiger partial charge on any atom is 0.347 e. The summed E-state index contributed by atoms with van der Waals surface area (Å²) < 4.78 is 0. The van der Waals surface area contributed by atoms with E-state index in [1.807, 2.05) is 25.1 Å². The number of anilines is 1. The molecule has 1 saturated heterocycles. The average Bonchev–Trinajstić information content (AvgIpc) is 2.79. The number of aryl methyl sites for hydroxylation is 1. The molecule has 4 rings (SSSR count). The fraction of sp³-hybridized carbons (Fsp3) is 0.560. The van der Waals surface area contributed by atoms with Crippen LogP contribution in [-0.2, 0) is 0 Å². The van der Waals surface area contributed by atoms with Crippen LogP contribution in [0.5, 0.6) is 0 Å². The lowest BCUT2D eigenvalue weighted by atomic mass is 9.86. The van der Waals surface area contributed by atoms with Gasteiger partial charge in [0.25, 0.3) is 0 Å². The Morgan fingerprint density at radius 2 is 2.03 bits per heavy atom. The lowest BCUT2D eigenvalue weighted by Crippen LogP contribution is -2.42. The summed E-state index contributed by atoms with van der Waals surface area (Å²) in [5.74, 6) is 1.51. The van der Waals surface area contributed by atoms with E-state index >= 15 is 0 Å². The zero-order valence-electron chi connectivity index (χ0n) is 18.6. The van der Waals surface area contributed by atoms with Crippen molar-refractivity contribution in [3.63, 3.8) is 0 Å². The Morgan fingerprint density at radius 3 is 2.87 bits per heavy atom. The number of carbonyl (C=O) groups excluding carboxylic acids is 1. The van der Waals surface area contributed by atoms with Gasteiger partial charge in [-0.25, -0.2) is 4.79 Å². The van der Waals surface area contributed by atoms with Crippen LogP contribution in [0, 0.1) is 18.8 Å². The van der Waals surface area contributed by atoms with Crippen LogP contribution >= 0.6 is 0 Å². The van der Waals surface area contributed by atoms with E-state index in [4.69, 9.17) is 5.73 Å². The minimum atomic E-state index is -0.402. The molecule has 2 fully saturated rings. The molecule has 1 atom stereocenters. The van der Waals surface area contributed by atoms with Crippen molar-refractivity contribution in [3.05, 3.63) is 36.2 Å². The number of nitrogens with zero attached hydrogens (tertiary/aromatic N) is 3. The number of amides is 2. The normalized spacial score (nSPS) is 21.3. The topological polar surface area (TPSA) is 83.6 Å². The van der Waals surface area contributed by atoms with E-state index in [0.717, 1.165) is 60.4 Å². The van der Waals surface area contributed by atoms with Gasteiger partial charge < -0.3 is 16.0 Å². The number of piperidine rings is 1. The summed E-state index contributed by atoms with van der Waals surface area (Å²) in [6.45, 7) is 5.18. The van der Waals surface area contributed by atoms with E-state index in [1.54, 1.807) is 12.4 Å². The number of aliphatic imine (C=N–C) groups is 1. The first-order valence-electron chi connectivity index (χ1n) is 11.8. The number of fused-ring (bicyclic) bond motifs is 1. The van der Waals surface area contributed by atoms with Crippen LogP contribution in [0.2, 0.25) is 0 Å². The Labute approximate surface area is 185 Å². The van der Waals surface area contributed by atoms with Crippen molar-refractivity contribution >= 4 is 28.3 Å². The summed E-state index contributed by atoms with van der Waals surface area (Å²) in [6, 6.07) is 5.40. The van der Waals surface area contributed by atoms with Crippen LogP contribution in [0.1, 0.15) is 56.9 Å². The minimum absolute atomic E-state index is 0.157. The summed E-state index contributed by atoms with van der Waals surface area (Å²) in [4.78, 5) is 23.6. The lowest BCUT2D eigenvalue weighted by Gasteiger charge is -2.33. The molecular weight excluding hydrogens is 386 g/mol. The van der Waals surface area contributed by atoms with Crippen LogP contribution < -0.4 is 11.1 Å². The van der Waals surface area contributed by atoms with Gasteiger partial charge in [0.15, 0.2) is 0 Å². The summed E-state index contributed by atoms with van der Waals surface area (Å²) in [6.07, 6.45) is 14.0. The van der Waals surface area contributed by atoms with Crippen molar-refractivity contribution in [1.82, 2.24) is 9.88 Å². The van der Waals surface area contributed by atoms with E-state index in [1.165, 1.54) is 38.5 Å². The zero-order valence-corrected chi connectivity index (χ0v) is 18.6. The van der Waals surface area contributed by atoms with Crippen molar-refractivity contribution in [1.29, 1.82) is 0 Å². The summed E-state index contributed by atoms with van der Waals surface area (Å²) >= 11 is 0. The van der Waals surface area contributed by atoms with Crippen molar-refractivity contribution in [3.8, 4) is 0 Å². The van der Waals surface area contributed by atoms with Crippen LogP contribution in [0.25, 0.3) is 10.8 Å². The molecule has 1 aromatic carbocycles. The molecule has 31 heavy (non-hydrogen) atoms. The molecule has 0 radical (unpaired) electrons. The SMILES string of the molecule is Cc1cncc2cccc(NC(=O)/N=C(\N)C3CCCN(CCC4CCCCC4)C3)c12. The highest BCUT2D eigenvalue weighted by atomic mass is 16.2. The number of urea groups is 1. The highest BCUT2D eigenvalue weighted by Crippen LogP contribution is 2.28. The summed E-state index contributed by atoms with van der Waals surface area (Å²) in [7, 11) is 0. The molecule has 166 valence electrons. The molecule has 6 heteroatoms. The summed E-state index contributed by atoms with van der Waals surface area (Å²) in [5, 5.41) is 4.92. The number of amidine groups is 1. The van der Waals surface area contributed by atoms with Crippen molar-refractivity contribution < 1.29 is 4.79 Å². The van der Waals surface area contributed by atoms with Gasteiger partial charge in [-0.3, -0.25) is 4.98 Å². The van der Waals surface area contributed by atoms with E-state index < -0.39 is 6.03 Å². The fourth-order valence-electron chi connectivity index (χ4n) is 5.21. The minimum Gasteiger partial charge on any atom is -0.387 e. The maximum atomic E-state index is 12.6. The van der Waals surface area contributed by atoms with Gasteiger partial charge in [-0.15, -0.1) is 0 Å². The molecule has 6 nitrogen and oxygen atoms in total. The molecule has 2 amide bonds. The Morgan fingerprint density at radius 1 is 1.19 bits per heavy atom. The van der Waals surface area contributed by atoms with Crippen LogP contribution in [0.15, 0.2) is 35.6 Å². The number of likely N-dealkylation sites (tertiary alicyclic amines) is 1. The third-order valence-electron chi connectivity index (χ3n) is 6.95. The van der Waals surface area contributed by atoms with Gasteiger partial charge in [-0.2, -0.15) is 4.99 Å². The molecule has 0 bridgehead atoms. The smallest absolute Gasteiger partial charge is 0.347 e. The van der Waals surface area contributed by atoms with Crippen LogP contribution in [-0.4, -0.2) is 41.4 Å². The molecule has 0 spiro atoms. The third kappa shape index (κ3) is 5.62. The van der Waals surface area contributed by atoms with Crippen molar-refractivity contribution in [2.75, 3.05) is 25.0 Å². The molecule has 1 aliphatic heterocycles. The van der Waals surface area contributed by atoms with Gasteiger partial charge in [0.1, 0.15) is 5.84 Å². The van der Waals surface area contributed by atoms with Gasteiger partial charge in [0.2, 0.25) is 0 Å². The first-order chi connectivity index (χ1) is 15.1. The van der Waals surface area contributed by atoms with E-state index in [2.05, 4.69) is 20.2 Å². The molecule has 2 aliphatic rings. The third-order valence-corrected chi connectivity index (χ3v) is 6.95. The standard InChI is InChI=1S/C25H35N5O/c1-18-15-27-16-20-9-5-11-22(23(18)20)28-25(31)29-24(26)21-10-6-13-30(17-21)14-12-19-7-3-2-4-8-19/h5,9,11,15-16,19,21H,2-4,6-8,10,12-14,17H2,1H3,(H3,26,28,29,31). The number of hydrogen-bond acceptors (Lipinski definition) is 3. The molecule has 2 heterocycles. The van der Waals surface area contributed by atoms with Gasteiger partial charge in [-0.05, 0) is 56.8 Å². The number of hydrogen-bond donors (Lipinski definition) is 2. The Hall–Kier alpha value is -2.47. The van der Waals surface area contributed by atoms with Crippen molar-refractivity contribution in [2.45, 2.75) is 58.3 Å². The van der Waals surface area contributed by atoms with E-state index in [9.17, 15) is 4.79 Å². The Bertz CT molecular complexity index is 929. The number of nitrogens with two attached hydrogens (primary N) is 1. The maximum absolute atomic E-state index is 12.6. The van der Waals surface area contributed by atoms with Gasteiger partial charge in [-0.1, -0.05) is 44.2 Å². The predicted octanol–water partition coefficient (Wildman–Crippen LogP) is 5.11. The monoisotopic (exact) mass is 421 g/mol. The molecular formula is C25H35N5O. The van der Waals surface area contributed by atoms with Gasteiger partial charge >= 0.3 is 6.03 Å². The average molecular weight is 422 g/mol. The summed E-state index contributed by atoms with van der Waals surface area (Å²) in [5.41, 5.74) is 8.07. The number of aromatic nitrogens is 1. The Kier molecular flexibility index (Phi) is 7.17. The number of nitrogens with one attached hydrogen (secondary N) is 1. The van der Waals surface area contributed by atoms with Gasteiger partial charge in [0, 0.05) is 35.6 Å². The second-order valence-electron chi connectivity index (χ2n) is 9.26. The largest absolute Gasteiger partial charge is 0.387 e. The second-order valence-corrected chi connectivity index (χ2v) is 9.26. The first kappa shape index (κ1) is 21.8. The van der Waals surface area contributed by atoms with Crippen LogP contribution in [0.4, 0.5) is 10.5 Å². The first-order valence-corrected chi connectivity index (χ1v) is 11.8. The van der Waals surface area contributed by atoms with Crippen molar-refractivity contribution in [2.24, 2.45) is 22.6 Å². The highest BCUT2D eigenvalue weighted by Gasteiger charge is 2.24. The fourth-order valence-corrected chi connectivity index (χ4v) is 5.21. The molecule has 3 N–H and O–H groups in total. The quantitative estimate of drug-likeness (QED) is 0.519. The molecule has 1 unspecified atom stereocenters. The zero-order chi connectivity index (χ0) is 21.6. The molecule has 1 saturated carbocycles. The lowest BCUT2D eigenvalue weighted by molar-refractivity contribution is 0.182. The highest BCUT2D eigenvalue weighted by molar-refractivity contribution is 6.06. The van der Waals surface area contributed by atoms with Crippen LogP contribution in [0.3, 0.4) is 0 Å². The van der Waals surface area contributed by atoms with E-state index in [-0.39, 0.29) is 5.92 Å². The number of carbonyl (C=O) groups is 1. The number of pyridine rings is 1. The number of rotatable bonds is 5.